The fraction of sp³-hybridized carbons (Fsp3) is 0.900. The fourth-order valence-corrected chi connectivity index (χ4v) is 1.82. The third-order valence-electron chi connectivity index (χ3n) is 1.87. The zero-order valence-electron chi connectivity index (χ0n) is 10.7. The fourth-order valence-electron chi connectivity index (χ4n) is 0.915. The van der Waals surface area contributed by atoms with Gasteiger partial charge in [-0.15, -0.1) is 0 Å². The van der Waals surface area contributed by atoms with Crippen molar-refractivity contribution in [3.63, 3.8) is 0 Å². The minimum Gasteiger partial charge on any atom is -0.371 e. The minimum atomic E-state index is -3.39. The first kappa shape index (κ1) is 16.7. The van der Waals surface area contributed by atoms with E-state index in [1.54, 1.807) is 0 Å². The summed E-state index contributed by atoms with van der Waals surface area (Å²) in [4.78, 5) is 22.0. The number of hydrogen-bond acceptors (Lipinski definition) is 5. The average molecular weight is 267 g/mol. The maximum atomic E-state index is 11.5. The molecule has 0 spiro atoms. The van der Waals surface area contributed by atoms with E-state index >= 15 is 0 Å². The van der Waals surface area contributed by atoms with E-state index in [0.29, 0.717) is 13.2 Å². The van der Waals surface area contributed by atoms with E-state index in [1.807, 2.05) is 19.0 Å². The SMILES string of the molecule is CC(=O)CCOCP(=O)(O)COCCN(C)C. The van der Waals surface area contributed by atoms with Crippen LogP contribution in [0.15, 0.2) is 0 Å². The Hall–Kier alpha value is -0.260. The molecule has 0 aromatic rings. The molecule has 0 aromatic carbocycles. The quantitative estimate of drug-likeness (QED) is 0.465. The molecule has 0 aliphatic carbocycles. The molecule has 17 heavy (non-hydrogen) atoms. The Morgan fingerprint density at radius 3 is 2.24 bits per heavy atom. The molecule has 0 rings (SSSR count). The Balaban J connectivity index is 3.58. The number of nitrogens with zero attached hydrogens (tertiary/aromatic N) is 1. The van der Waals surface area contributed by atoms with Crippen molar-refractivity contribution in [2.75, 3.05) is 46.5 Å². The number of hydrogen-bond donors (Lipinski definition) is 1. The summed E-state index contributed by atoms with van der Waals surface area (Å²) in [5.41, 5.74) is 0. The first-order valence-electron chi connectivity index (χ1n) is 5.44. The van der Waals surface area contributed by atoms with Crippen LogP contribution in [-0.2, 0) is 18.8 Å². The maximum Gasteiger partial charge on any atom is 0.250 e. The van der Waals surface area contributed by atoms with Crippen LogP contribution >= 0.6 is 7.37 Å². The van der Waals surface area contributed by atoms with Gasteiger partial charge in [-0.25, -0.2) is 0 Å². The van der Waals surface area contributed by atoms with Gasteiger partial charge in [0, 0.05) is 13.0 Å². The number of carbonyl (C=O) groups is 1. The first-order valence-corrected chi connectivity index (χ1v) is 7.47. The third-order valence-corrected chi connectivity index (χ3v) is 3.04. The minimum absolute atomic E-state index is 0.00000472. The Morgan fingerprint density at radius 1 is 1.24 bits per heavy atom. The average Bonchev–Trinajstić information content (AvgIpc) is 2.19. The van der Waals surface area contributed by atoms with E-state index < -0.39 is 7.37 Å². The van der Waals surface area contributed by atoms with Crippen LogP contribution in [0.3, 0.4) is 0 Å². The van der Waals surface area contributed by atoms with E-state index in [-0.39, 0.29) is 31.5 Å². The maximum absolute atomic E-state index is 11.5. The molecule has 1 atom stereocenters. The van der Waals surface area contributed by atoms with Crippen LogP contribution in [0.1, 0.15) is 13.3 Å². The summed E-state index contributed by atoms with van der Waals surface area (Å²) in [6.07, 6.45) is -0.204. The second-order valence-corrected chi connectivity index (χ2v) is 6.39. The van der Waals surface area contributed by atoms with Crippen LogP contribution in [0.25, 0.3) is 0 Å². The van der Waals surface area contributed by atoms with E-state index in [2.05, 4.69) is 0 Å². The molecule has 0 aliphatic rings. The topological polar surface area (TPSA) is 76.1 Å². The molecule has 0 radical (unpaired) electrons. The Kier molecular flexibility index (Phi) is 8.64. The standard InChI is InChI=1S/C10H22NO5P/c1-10(12)4-6-15-8-17(13,14)9-16-7-5-11(2)3/h4-9H2,1-3H3,(H,13,14). The van der Waals surface area contributed by atoms with Crippen molar-refractivity contribution in [2.24, 2.45) is 0 Å². The molecule has 1 unspecified atom stereocenters. The summed E-state index contributed by atoms with van der Waals surface area (Å²) in [6.45, 7) is 2.74. The van der Waals surface area contributed by atoms with Crippen LogP contribution in [0.4, 0.5) is 0 Å². The predicted octanol–water partition coefficient (Wildman–Crippen LogP) is 0.746. The predicted molar refractivity (Wildman–Crippen MR) is 65.3 cm³/mol. The number of rotatable bonds is 10. The summed E-state index contributed by atoms with van der Waals surface area (Å²) in [7, 11) is 0.405. The monoisotopic (exact) mass is 267 g/mol. The Labute approximate surface area is 102 Å². The van der Waals surface area contributed by atoms with Gasteiger partial charge in [0.1, 0.15) is 18.5 Å². The van der Waals surface area contributed by atoms with Crippen LogP contribution < -0.4 is 0 Å². The van der Waals surface area contributed by atoms with Crippen molar-refractivity contribution in [1.82, 2.24) is 4.90 Å². The zero-order chi connectivity index (χ0) is 13.3. The molecule has 0 saturated carbocycles. The second-order valence-electron chi connectivity index (χ2n) is 4.18. The number of ether oxygens (including phenoxy) is 2. The molecule has 102 valence electrons. The van der Waals surface area contributed by atoms with Gasteiger partial charge in [0.2, 0.25) is 7.37 Å². The lowest BCUT2D eigenvalue weighted by Crippen LogP contribution is -2.18. The van der Waals surface area contributed by atoms with Crippen LogP contribution in [0.2, 0.25) is 0 Å². The van der Waals surface area contributed by atoms with Crippen molar-refractivity contribution < 1.29 is 23.7 Å². The number of carbonyl (C=O) groups excluding carboxylic acids is 1. The summed E-state index contributed by atoms with van der Waals surface area (Å²) in [5, 5.41) is 0. The van der Waals surface area contributed by atoms with Gasteiger partial charge in [-0.2, -0.15) is 0 Å². The highest BCUT2D eigenvalue weighted by Gasteiger charge is 2.18. The number of ketones is 1. The first-order chi connectivity index (χ1) is 7.83. The molecule has 6 nitrogen and oxygen atoms in total. The highest BCUT2D eigenvalue weighted by Crippen LogP contribution is 2.40. The van der Waals surface area contributed by atoms with Crippen molar-refractivity contribution in [3.05, 3.63) is 0 Å². The summed E-state index contributed by atoms with van der Waals surface area (Å²) in [6, 6.07) is 0. The highest BCUT2D eigenvalue weighted by molar-refractivity contribution is 7.57. The lowest BCUT2D eigenvalue weighted by Gasteiger charge is -2.14. The lowest BCUT2D eigenvalue weighted by atomic mass is 10.3. The van der Waals surface area contributed by atoms with Gasteiger partial charge in [-0.1, -0.05) is 0 Å². The summed E-state index contributed by atoms with van der Waals surface area (Å²) in [5.74, 6) is 0.00000472. The van der Waals surface area contributed by atoms with Crippen molar-refractivity contribution in [1.29, 1.82) is 0 Å². The molecule has 0 bridgehead atoms. The van der Waals surface area contributed by atoms with Gasteiger partial charge >= 0.3 is 0 Å². The van der Waals surface area contributed by atoms with Crippen LogP contribution in [0.5, 0.6) is 0 Å². The van der Waals surface area contributed by atoms with Crippen molar-refractivity contribution >= 4 is 13.2 Å². The Bertz CT molecular complexity index is 269. The normalized spacial score (nSPS) is 14.9. The number of Topliss-reactive ketones (excluding diaryl/α,β-unsaturated/α-hetero) is 1. The molecular formula is C10H22NO5P. The lowest BCUT2D eigenvalue weighted by molar-refractivity contribution is -0.117. The molecule has 1 N–H and O–H groups in total. The van der Waals surface area contributed by atoms with E-state index in [1.165, 1.54) is 6.92 Å². The molecule has 0 saturated heterocycles. The van der Waals surface area contributed by atoms with Gasteiger partial charge in [0.05, 0.1) is 13.2 Å². The molecule has 0 aromatic heterocycles. The van der Waals surface area contributed by atoms with Gasteiger partial charge in [-0.05, 0) is 21.0 Å². The molecule has 0 aliphatic heterocycles. The van der Waals surface area contributed by atoms with E-state index in [0.717, 1.165) is 0 Å². The molecule has 7 heteroatoms. The third kappa shape index (κ3) is 12.0. The number of likely N-dealkylation sites (N-methyl/N-ethyl adjacent to an activating group) is 1. The zero-order valence-corrected chi connectivity index (χ0v) is 11.6. The van der Waals surface area contributed by atoms with Gasteiger partial charge in [0.15, 0.2) is 0 Å². The van der Waals surface area contributed by atoms with Crippen molar-refractivity contribution in [3.8, 4) is 0 Å². The molecule has 0 heterocycles. The Morgan fingerprint density at radius 2 is 1.76 bits per heavy atom. The van der Waals surface area contributed by atoms with Gasteiger partial charge in [0.25, 0.3) is 0 Å². The van der Waals surface area contributed by atoms with Crippen LogP contribution in [-0.4, -0.2) is 62.1 Å². The van der Waals surface area contributed by atoms with Gasteiger partial charge < -0.3 is 19.3 Å². The molecule has 0 fully saturated rings. The summed E-state index contributed by atoms with van der Waals surface area (Å²) < 4.78 is 21.6. The highest BCUT2D eigenvalue weighted by atomic mass is 31.2. The molecule has 0 amide bonds. The van der Waals surface area contributed by atoms with Crippen LogP contribution in [0, 0.1) is 0 Å². The molecular weight excluding hydrogens is 245 g/mol. The van der Waals surface area contributed by atoms with E-state index in [9.17, 15) is 14.3 Å². The smallest absolute Gasteiger partial charge is 0.250 e. The largest absolute Gasteiger partial charge is 0.371 e. The second kappa shape index (κ2) is 8.78. The summed E-state index contributed by atoms with van der Waals surface area (Å²) >= 11 is 0. The van der Waals surface area contributed by atoms with E-state index in [4.69, 9.17) is 9.47 Å². The van der Waals surface area contributed by atoms with Crippen molar-refractivity contribution in [2.45, 2.75) is 13.3 Å². The van der Waals surface area contributed by atoms with Gasteiger partial charge in [-0.3, -0.25) is 9.36 Å².